The molecule has 0 aliphatic heterocycles. The molecule has 0 saturated heterocycles. The van der Waals surface area contributed by atoms with Crippen LogP contribution in [0.5, 0.6) is 0 Å². The first kappa shape index (κ1) is 19.2. The maximum absolute atomic E-state index is 11.8. The van der Waals surface area contributed by atoms with Crippen molar-refractivity contribution in [2.75, 3.05) is 0 Å². The second-order valence-electron chi connectivity index (χ2n) is 6.78. The van der Waals surface area contributed by atoms with Crippen LogP contribution in [0.25, 0.3) is 0 Å². The topological polar surface area (TPSA) is 124 Å². The Labute approximate surface area is 146 Å². The predicted molar refractivity (Wildman–Crippen MR) is 91.6 cm³/mol. The third kappa shape index (κ3) is 4.10. The summed E-state index contributed by atoms with van der Waals surface area (Å²) in [6.07, 6.45) is 1.67. The minimum absolute atomic E-state index is 0.0709. The summed E-state index contributed by atoms with van der Waals surface area (Å²) in [5.41, 5.74) is 3.57. The van der Waals surface area contributed by atoms with Crippen LogP contribution < -0.4 is 5.73 Å². The number of benzene rings is 1. The van der Waals surface area contributed by atoms with Crippen LogP contribution in [0.15, 0.2) is 24.3 Å². The molecule has 1 aromatic carbocycles. The smallest absolute Gasteiger partial charge is 0.451 e. The summed E-state index contributed by atoms with van der Waals surface area (Å²) < 4.78 is 0. The van der Waals surface area contributed by atoms with Gasteiger partial charge in [0.15, 0.2) is 0 Å². The minimum atomic E-state index is -1.78. The Kier molecular flexibility index (Phi) is 5.93. The van der Waals surface area contributed by atoms with Gasteiger partial charge in [0.2, 0.25) is 0 Å². The van der Waals surface area contributed by atoms with E-state index >= 15 is 0 Å². The molecule has 1 aromatic rings. The zero-order valence-corrected chi connectivity index (χ0v) is 14.1. The Hall–Kier alpha value is -1.12. The maximum atomic E-state index is 11.8. The summed E-state index contributed by atoms with van der Waals surface area (Å²) in [4.78, 5) is 11.8. The van der Waals surface area contributed by atoms with Crippen molar-refractivity contribution in [2.45, 2.75) is 49.6 Å². The normalized spacial score (nSPS) is 30.1. The van der Waals surface area contributed by atoms with E-state index in [0.29, 0.717) is 17.9 Å². The van der Waals surface area contributed by atoms with Gasteiger partial charge >= 0.3 is 13.1 Å². The molecule has 0 aromatic heterocycles. The van der Waals surface area contributed by atoms with Gasteiger partial charge in [0.1, 0.15) is 5.54 Å². The van der Waals surface area contributed by atoms with Crippen molar-refractivity contribution in [3.63, 3.8) is 0 Å². The number of halogens is 1. The minimum Gasteiger partial charge on any atom is -0.480 e. The van der Waals surface area contributed by atoms with Gasteiger partial charge in [0.05, 0.1) is 5.60 Å². The van der Waals surface area contributed by atoms with E-state index in [0.717, 1.165) is 5.56 Å². The molecule has 24 heavy (non-hydrogen) atoms. The third-order valence-corrected chi connectivity index (χ3v) is 5.28. The zero-order chi connectivity index (χ0) is 18.0. The highest BCUT2D eigenvalue weighted by Crippen LogP contribution is 2.42. The molecule has 2 rings (SSSR count). The number of carboxylic acid groups (broad SMARTS) is 1. The number of hydrogen-bond acceptors (Lipinski definition) is 5. The Morgan fingerprint density at radius 3 is 2.50 bits per heavy atom. The van der Waals surface area contributed by atoms with Crippen LogP contribution in [0.1, 0.15) is 31.2 Å². The maximum Gasteiger partial charge on any atom is 0.451 e. The van der Waals surface area contributed by atoms with E-state index in [2.05, 4.69) is 0 Å². The van der Waals surface area contributed by atoms with Crippen molar-refractivity contribution in [1.29, 1.82) is 0 Å². The van der Waals surface area contributed by atoms with E-state index < -0.39 is 24.2 Å². The van der Waals surface area contributed by atoms with Gasteiger partial charge in [-0.3, -0.25) is 4.79 Å². The van der Waals surface area contributed by atoms with Crippen LogP contribution >= 0.6 is 11.6 Å². The largest absolute Gasteiger partial charge is 0.480 e. The first-order valence-corrected chi connectivity index (χ1v) is 8.39. The van der Waals surface area contributed by atoms with Crippen LogP contribution in [0.3, 0.4) is 0 Å². The molecule has 132 valence electrons. The Balaban J connectivity index is 2.18. The van der Waals surface area contributed by atoms with Crippen molar-refractivity contribution < 1.29 is 25.1 Å². The fourth-order valence-corrected chi connectivity index (χ4v) is 3.64. The van der Waals surface area contributed by atoms with Gasteiger partial charge in [-0.1, -0.05) is 30.2 Å². The molecular weight excluding hydrogens is 332 g/mol. The van der Waals surface area contributed by atoms with Crippen LogP contribution in [0.2, 0.25) is 11.3 Å². The second-order valence-corrected chi connectivity index (χ2v) is 7.21. The number of rotatable bonds is 6. The number of nitrogens with two attached hydrogens (primary N) is 1. The van der Waals surface area contributed by atoms with Crippen molar-refractivity contribution in [1.82, 2.24) is 0 Å². The van der Waals surface area contributed by atoms with E-state index in [9.17, 15) is 15.0 Å². The quantitative estimate of drug-likeness (QED) is 0.486. The molecule has 6 N–H and O–H groups in total. The highest BCUT2D eigenvalue weighted by Gasteiger charge is 2.56. The molecule has 0 amide bonds. The first-order valence-electron chi connectivity index (χ1n) is 8.01. The van der Waals surface area contributed by atoms with Gasteiger partial charge in [-0.25, -0.2) is 0 Å². The fourth-order valence-electron chi connectivity index (χ4n) is 3.52. The molecule has 8 heteroatoms. The highest BCUT2D eigenvalue weighted by molar-refractivity contribution is 6.40. The van der Waals surface area contributed by atoms with Gasteiger partial charge in [0.25, 0.3) is 0 Å². The van der Waals surface area contributed by atoms with E-state index in [1.165, 1.54) is 0 Å². The van der Waals surface area contributed by atoms with Gasteiger partial charge in [0, 0.05) is 11.4 Å². The van der Waals surface area contributed by atoms with Gasteiger partial charge in [-0.2, -0.15) is 0 Å². The van der Waals surface area contributed by atoms with Crippen LogP contribution in [-0.4, -0.2) is 44.5 Å². The summed E-state index contributed by atoms with van der Waals surface area (Å²) in [6.45, 7) is 0. The van der Waals surface area contributed by atoms with E-state index in [-0.39, 0.29) is 31.5 Å². The standard InChI is InChI=1S/C16H23BClNO5/c18-13-3-1-11(2-4-13)9-15(22)7-5-12(6-8-17(23)24)10-16(15,19)14(20)21/h1-4,12,22-24H,5-10,19H2,(H,20,21). The molecule has 0 spiro atoms. The molecule has 1 aliphatic rings. The predicted octanol–water partition coefficient (Wildman–Crippen LogP) is 1.06. The Morgan fingerprint density at radius 1 is 1.33 bits per heavy atom. The summed E-state index contributed by atoms with van der Waals surface area (Å²) in [6, 6.07) is 6.87. The van der Waals surface area contributed by atoms with Gasteiger partial charge < -0.3 is 26.0 Å². The summed E-state index contributed by atoms with van der Waals surface area (Å²) >= 11 is 5.85. The van der Waals surface area contributed by atoms with Crippen LogP contribution in [-0.2, 0) is 11.2 Å². The number of aliphatic hydroxyl groups is 1. The molecule has 0 bridgehead atoms. The van der Waals surface area contributed by atoms with Crippen molar-refractivity contribution in [3.8, 4) is 0 Å². The summed E-state index contributed by atoms with van der Waals surface area (Å²) in [5, 5.41) is 39.2. The fraction of sp³-hybridized carbons (Fsp3) is 0.562. The number of aliphatic carboxylic acids is 1. The van der Waals surface area contributed by atoms with Crippen molar-refractivity contribution in [3.05, 3.63) is 34.9 Å². The summed E-state index contributed by atoms with van der Waals surface area (Å²) in [7, 11) is -1.42. The van der Waals surface area contributed by atoms with Crippen LogP contribution in [0, 0.1) is 5.92 Å². The highest BCUT2D eigenvalue weighted by atomic mass is 35.5. The lowest BCUT2D eigenvalue weighted by molar-refractivity contribution is -0.163. The second kappa shape index (κ2) is 7.41. The van der Waals surface area contributed by atoms with Crippen molar-refractivity contribution in [2.24, 2.45) is 11.7 Å². The number of hydrogen-bond donors (Lipinski definition) is 5. The lowest BCUT2D eigenvalue weighted by atomic mass is 9.62. The molecule has 1 saturated carbocycles. The van der Waals surface area contributed by atoms with Crippen LogP contribution in [0.4, 0.5) is 0 Å². The summed E-state index contributed by atoms with van der Waals surface area (Å²) in [5.74, 6) is -1.31. The average molecular weight is 356 g/mol. The third-order valence-electron chi connectivity index (χ3n) is 5.03. The molecule has 0 heterocycles. The molecule has 1 fully saturated rings. The Morgan fingerprint density at radius 2 is 1.96 bits per heavy atom. The SMILES string of the molecule is NC1(C(=O)O)CC(CCB(O)O)CCC1(O)Cc1ccc(Cl)cc1. The molecule has 1 aliphatic carbocycles. The lowest BCUT2D eigenvalue weighted by Gasteiger charge is -2.48. The monoisotopic (exact) mass is 355 g/mol. The van der Waals surface area contributed by atoms with E-state index in [1.807, 2.05) is 0 Å². The van der Waals surface area contributed by atoms with E-state index in [4.69, 9.17) is 27.4 Å². The number of carbonyl (C=O) groups is 1. The van der Waals surface area contributed by atoms with E-state index in [1.54, 1.807) is 24.3 Å². The Bertz CT molecular complexity index is 584. The first-order chi connectivity index (χ1) is 11.2. The molecule has 3 atom stereocenters. The average Bonchev–Trinajstić information content (AvgIpc) is 2.51. The molecule has 0 radical (unpaired) electrons. The number of carboxylic acids is 1. The zero-order valence-electron chi connectivity index (χ0n) is 13.4. The lowest BCUT2D eigenvalue weighted by Crippen LogP contribution is -2.69. The van der Waals surface area contributed by atoms with Gasteiger partial charge in [-0.05, 0) is 49.2 Å². The van der Waals surface area contributed by atoms with Crippen molar-refractivity contribution >= 4 is 24.7 Å². The van der Waals surface area contributed by atoms with Gasteiger partial charge in [-0.15, -0.1) is 0 Å². The molecule has 3 unspecified atom stereocenters. The molecule has 6 nitrogen and oxygen atoms in total. The molecular formula is C16H23BClNO5.